The average Bonchev–Trinajstić information content (AvgIpc) is 2.23. The summed E-state index contributed by atoms with van der Waals surface area (Å²) in [7, 11) is 0. The molecule has 0 radical (unpaired) electrons. The molecule has 0 aromatic heterocycles. The molecule has 0 saturated carbocycles. The Balaban J connectivity index is 4.01. The molecule has 0 amide bonds. The van der Waals surface area contributed by atoms with E-state index >= 15 is 0 Å². The molecule has 0 spiro atoms. The Bertz CT molecular complexity index is 200. The fraction of sp³-hybridized carbons (Fsp3) is 0.917. The lowest BCUT2D eigenvalue weighted by Gasteiger charge is -2.26. The van der Waals surface area contributed by atoms with Crippen LogP contribution < -0.4 is 5.32 Å². The van der Waals surface area contributed by atoms with Crippen LogP contribution in [-0.4, -0.2) is 24.8 Å². The number of nitriles is 1. The molecule has 0 aliphatic heterocycles. The van der Waals surface area contributed by atoms with Crippen LogP contribution in [0.5, 0.6) is 0 Å². The van der Waals surface area contributed by atoms with Gasteiger partial charge in [0.15, 0.2) is 0 Å². The van der Waals surface area contributed by atoms with E-state index in [1.807, 2.05) is 13.8 Å². The molecule has 0 bridgehead atoms. The van der Waals surface area contributed by atoms with Crippen molar-refractivity contribution in [1.82, 2.24) is 5.32 Å². The van der Waals surface area contributed by atoms with Gasteiger partial charge in [-0.15, -0.1) is 0 Å². The number of hydrogen-bond donors (Lipinski definition) is 1. The molecule has 2 atom stereocenters. The van der Waals surface area contributed by atoms with Gasteiger partial charge in [-0.1, -0.05) is 13.8 Å². The second kappa shape index (κ2) is 7.67. The third-order valence-electron chi connectivity index (χ3n) is 2.31. The monoisotopic (exact) mass is 212 g/mol. The number of ether oxygens (including phenoxy) is 1. The van der Waals surface area contributed by atoms with E-state index in [-0.39, 0.29) is 6.10 Å². The summed E-state index contributed by atoms with van der Waals surface area (Å²) in [5.41, 5.74) is -0.455. The Morgan fingerprint density at radius 2 is 2.07 bits per heavy atom. The van der Waals surface area contributed by atoms with Crippen molar-refractivity contribution in [3.8, 4) is 6.07 Å². The second-order valence-electron chi connectivity index (χ2n) is 4.26. The largest absolute Gasteiger partial charge is 0.378 e. The van der Waals surface area contributed by atoms with Gasteiger partial charge in [0.25, 0.3) is 0 Å². The molecule has 0 aromatic carbocycles. The summed E-state index contributed by atoms with van der Waals surface area (Å²) in [5.74, 6) is 0. The third-order valence-corrected chi connectivity index (χ3v) is 2.31. The zero-order valence-corrected chi connectivity index (χ0v) is 10.5. The zero-order chi connectivity index (χ0) is 11.7. The van der Waals surface area contributed by atoms with E-state index in [1.165, 1.54) is 0 Å². The van der Waals surface area contributed by atoms with Crippen LogP contribution in [0.2, 0.25) is 0 Å². The van der Waals surface area contributed by atoms with Crippen molar-refractivity contribution in [2.75, 3.05) is 13.2 Å². The maximum atomic E-state index is 9.12. The first-order valence-corrected chi connectivity index (χ1v) is 5.85. The highest BCUT2D eigenvalue weighted by Gasteiger charge is 2.25. The first kappa shape index (κ1) is 14.4. The maximum Gasteiger partial charge on any atom is 0.106 e. The molecule has 88 valence electrons. The zero-order valence-electron chi connectivity index (χ0n) is 10.5. The van der Waals surface area contributed by atoms with Crippen molar-refractivity contribution in [3.63, 3.8) is 0 Å². The topological polar surface area (TPSA) is 45.0 Å². The van der Waals surface area contributed by atoms with E-state index in [0.29, 0.717) is 0 Å². The Hall–Kier alpha value is -0.590. The van der Waals surface area contributed by atoms with Crippen molar-refractivity contribution in [2.45, 2.75) is 58.6 Å². The number of rotatable bonds is 8. The highest BCUT2D eigenvalue weighted by Crippen LogP contribution is 2.13. The standard InChI is InChI=1S/C12H24N2O/c1-5-7-14-12(4,10-13)9-11(3)15-8-6-2/h11,14H,5-9H2,1-4H3. The van der Waals surface area contributed by atoms with Gasteiger partial charge in [-0.25, -0.2) is 0 Å². The minimum atomic E-state index is -0.455. The fourth-order valence-corrected chi connectivity index (χ4v) is 1.51. The molecule has 0 aliphatic carbocycles. The molecule has 0 heterocycles. The molecule has 0 rings (SSSR count). The summed E-state index contributed by atoms with van der Waals surface area (Å²) < 4.78 is 5.58. The van der Waals surface area contributed by atoms with Gasteiger partial charge in [-0.05, 0) is 33.2 Å². The predicted octanol–water partition coefficient (Wildman–Crippen LogP) is 2.47. The fourth-order valence-electron chi connectivity index (χ4n) is 1.51. The third kappa shape index (κ3) is 6.48. The van der Waals surface area contributed by atoms with Gasteiger partial charge in [0.2, 0.25) is 0 Å². The summed E-state index contributed by atoms with van der Waals surface area (Å²) in [6.07, 6.45) is 2.94. The molecule has 0 aliphatic rings. The van der Waals surface area contributed by atoms with Crippen LogP contribution in [0.1, 0.15) is 47.0 Å². The Morgan fingerprint density at radius 3 is 2.53 bits per heavy atom. The van der Waals surface area contributed by atoms with Crippen LogP contribution in [0, 0.1) is 11.3 Å². The van der Waals surface area contributed by atoms with E-state index in [9.17, 15) is 0 Å². The Morgan fingerprint density at radius 1 is 1.40 bits per heavy atom. The molecule has 0 fully saturated rings. The van der Waals surface area contributed by atoms with Crippen LogP contribution >= 0.6 is 0 Å². The lowest BCUT2D eigenvalue weighted by atomic mass is 9.96. The first-order valence-electron chi connectivity index (χ1n) is 5.85. The maximum absolute atomic E-state index is 9.12. The van der Waals surface area contributed by atoms with Gasteiger partial charge in [0.05, 0.1) is 12.2 Å². The van der Waals surface area contributed by atoms with Gasteiger partial charge in [0.1, 0.15) is 5.54 Å². The van der Waals surface area contributed by atoms with Crippen molar-refractivity contribution in [1.29, 1.82) is 5.26 Å². The number of nitrogens with one attached hydrogen (secondary N) is 1. The van der Waals surface area contributed by atoms with E-state index in [1.54, 1.807) is 0 Å². The summed E-state index contributed by atoms with van der Waals surface area (Å²) in [4.78, 5) is 0. The van der Waals surface area contributed by atoms with Crippen LogP contribution in [0.15, 0.2) is 0 Å². The lowest BCUT2D eigenvalue weighted by Crippen LogP contribution is -2.44. The first-order chi connectivity index (χ1) is 7.08. The lowest BCUT2D eigenvalue weighted by molar-refractivity contribution is 0.0481. The van der Waals surface area contributed by atoms with Crippen molar-refractivity contribution in [2.24, 2.45) is 0 Å². The van der Waals surface area contributed by atoms with E-state index in [0.717, 1.165) is 32.4 Å². The van der Waals surface area contributed by atoms with Crippen molar-refractivity contribution < 1.29 is 4.74 Å². The summed E-state index contributed by atoms with van der Waals surface area (Å²) in [6, 6.07) is 2.33. The van der Waals surface area contributed by atoms with Gasteiger partial charge in [-0.3, -0.25) is 5.32 Å². The molecule has 0 saturated heterocycles. The highest BCUT2D eigenvalue weighted by atomic mass is 16.5. The molecule has 15 heavy (non-hydrogen) atoms. The van der Waals surface area contributed by atoms with Gasteiger partial charge < -0.3 is 4.74 Å². The Labute approximate surface area is 93.8 Å². The van der Waals surface area contributed by atoms with E-state index in [4.69, 9.17) is 10.00 Å². The van der Waals surface area contributed by atoms with Crippen molar-refractivity contribution >= 4 is 0 Å². The van der Waals surface area contributed by atoms with Crippen molar-refractivity contribution in [3.05, 3.63) is 0 Å². The second-order valence-corrected chi connectivity index (χ2v) is 4.26. The molecule has 3 heteroatoms. The SMILES string of the molecule is CCCNC(C)(C#N)CC(C)OCCC. The predicted molar refractivity (Wildman–Crippen MR) is 62.6 cm³/mol. The quantitative estimate of drug-likeness (QED) is 0.672. The normalized spacial score (nSPS) is 16.7. The van der Waals surface area contributed by atoms with Gasteiger partial charge in [-0.2, -0.15) is 5.26 Å². The molecule has 0 aromatic rings. The van der Waals surface area contributed by atoms with Crippen LogP contribution in [0.3, 0.4) is 0 Å². The van der Waals surface area contributed by atoms with E-state index in [2.05, 4.69) is 25.2 Å². The molecular weight excluding hydrogens is 188 g/mol. The Kier molecular flexibility index (Phi) is 7.37. The minimum absolute atomic E-state index is 0.138. The molecule has 1 N–H and O–H groups in total. The van der Waals surface area contributed by atoms with Gasteiger partial charge in [0, 0.05) is 13.0 Å². The van der Waals surface area contributed by atoms with Gasteiger partial charge >= 0.3 is 0 Å². The van der Waals surface area contributed by atoms with Crippen LogP contribution in [-0.2, 0) is 4.74 Å². The molecule has 3 nitrogen and oxygen atoms in total. The summed E-state index contributed by atoms with van der Waals surface area (Å²) in [6.45, 7) is 9.81. The van der Waals surface area contributed by atoms with Crippen LogP contribution in [0.25, 0.3) is 0 Å². The summed E-state index contributed by atoms with van der Waals surface area (Å²) >= 11 is 0. The highest BCUT2D eigenvalue weighted by molar-refractivity contribution is 5.04. The average molecular weight is 212 g/mol. The van der Waals surface area contributed by atoms with E-state index < -0.39 is 5.54 Å². The number of nitrogens with zero attached hydrogens (tertiary/aromatic N) is 1. The number of hydrogen-bond acceptors (Lipinski definition) is 3. The minimum Gasteiger partial charge on any atom is -0.378 e. The molecular formula is C12H24N2O. The molecule has 2 unspecified atom stereocenters. The smallest absolute Gasteiger partial charge is 0.106 e. The summed E-state index contributed by atoms with van der Waals surface area (Å²) in [5, 5.41) is 12.4. The van der Waals surface area contributed by atoms with Crippen LogP contribution in [0.4, 0.5) is 0 Å².